The molecule has 0 aliphatic heterocycles. The Morgan fingerprint density at radius 2 is 1.75 bits per heavy atom. The van der Waals surface area contributed by atoms with E-state index in [1.165, 1.54) is 13.8 Å². The van der Waals surface area contributed by atoms with E-state index in [9.17, 15) is 35.9 Å². The first-order valence-electron chi connectivity index (χ1n) is 6.69. The van der Waals surface area contributed by atoms with Gasteiger partial charge in [0.1, 0.15) is 5.82 Å². The summed E-state index contributed by atoms with van der Waals surface area (Å²) in [5, 5.41) is 0. The van der Waals surface area contributed by atoms with Crippen LogP contribution in [-0.4, -0.2) is 29.4 Å². The van der Waals surface area contributed by atoms with Crippen molar-refractivity contribution in [1.29, 1.82) is 0 Å². The molecule has 1 atom stereocenters. The van der Waals surface area contributed by atoms with E-state index in [-0.39, 0.29) is 18.2 Å². The molecule has 1 aromatic carbocycles. The van der Waals surface area contributed by atoms with Crippen molar-refractivity contribution in [2.75, 3.05) is 6.54 Å². The molecule has 0 radical (unpaired) electrons. The van der Waals surface area contributed by atoms with E-state index in [4.69, 9.17) is 5.73 Å². The largest absolute Gasteiger partial charge is 0.458 e. The molecule has 2 N–H and O–H groups in total. The molecule has 1 aromatic rings. The van der Waals surface area contributed by atoms with Gasteiger partial charge < -0.3 is 10.6 Å². The lowest BCUT2D eigenvalue weighted by atomic mass is 10.0. The summed E-state index contributed by atoms with van der Waals surface area (Å²) in [7, 11) is 0. The molecule has 0 fully saturated rings. The Morgan fingerprint density at radius 3 is 2.12 bits per heavy atom. The third-order valence-electron chi connectivity index (χ3n) is 3.45. The van der Waals surface area contributed by atoms with Crippen molar-refractivity contribution < 1.29 is 35.9 Å². The number of benzene rings is 1. The molecule has 1 unspecified atom stereocenters. The van der Waals surface area contributed by atoms with Crippen molar-refractivity contribution in [2.24, 2.45) is 5.73 Å². The number of halogens is 6. The molecule has 0 saturated heterocycles. The molecule has 1 rings (SSSR count). The topological polar surface area (TPSA) is 63.4 Å². The minimum atomic E-state index is -5.87. The van der Waals surface area contributed by atoms with Gasteiger partial charge in [-0.1, -0.05) is 12.1 Å². The van der Waals surface area contributed by atoms with E-state index < -0.39 is 41.3 Å². The highest BCUT2D eigenvalue weighted by molar-refractivity contribution is 6.34. The maximum Gasteiger partial charge on any atom is 0.458 e. The van der Waals surface area contributed by atoms with Crippen LogP contribution in [0.2, 0.25) is 0 Å². The van der Waals surface area contributed by atoms with Gasteiger partial charge in [0.05, 0.1) is 6.04 Å². The number of alkyl halides is 5. The maximum absolute atomic E-state index is 14.0. The first-order chi connectivity index (χ1) is 10.8. The monoisotopic (exact) mass is 356 g/mol. The van der Waals surface area contributed by atoms with Crippen LogP contribution in [0.3, 0.4) is 0 Å². The standard InChI is InChI=1S/C14H14F6N2O2/c1-3-22(12(24)11(21)23)7(2)9-5-4-8(6-10(9)15)13(16,17)14(18,19)20/h4-7H,3H2,1-2H3,(H2,21,23). The van der Waals surface area contributed by atoms with Crippen LogP contribution < -0.4 is 5.73 Å². The van der Waals surface area contributed by atoms with E-state index in [1.54, 1.807) is 0 Å². The minimum Gasteiger partial charge on any atom is -0.361 e. The highest BCUT2D eigenvalue weighted by Crippen LogP contribution is 2.44. The molecule has 0 aliphatic carbocycles. The molecule has 0 bridgehead atoms. The van der Waals surface area contributed by atoms with Crippen LogP contribution in [0.5, 0.6) is 0 Å². The molecule has 24 heavy (non-hydrogen) atoms. The Balaban J connectivity index is 3.25. The number of rotatable bonds is 4. The lowest BCUT2D eigenvalue weighted by Gasteiger charge is -2.28. The van der Waals surface area contributed by atoms with E-state index in [1.807, 2.05) is 0 Å². The second-order valence-electron chi connectivity index (χ2n) is 4.94. The number of nitrogens with two attached hydrogens (primary N) is 1. The van der Waals surface area contributed by atoms with Gasteiger partial charge >= 0.3 is 23.9 Å². The summed E-state index contributed by atoms with van der Waals surface area (Å²) >= 11 is 0. The van der Waals surface area contributed by atoms with Crippen LogP contribution in [-0.2, 0) is 15.5 Å². The van der Waals surface area contributed by atoms with Gasteiger partial charge in [0.2, 0.25) is 0 Å². The average molecular weight is 356 g/mol. The molecule has 4 nitrogen and oxygen atoms in total. The summed E-state index contributed by atoms with van der Waals surface area (Å²) in [6, 6.07) is 0.0993. The molecule has 134 valence electrons. The summed E-state index contributed by atoms with van der Waals surface area (Å²) in [6.45, 7) is 2.69. The summed E-state index contributed by atoms with van der Waals surface area (Å²) in [5.41, 5.74) is 2.96. The SMILES string of the molecule is CCN(C(=O)C(N)=O)C(C)c1ccc(C(F)(F)C(F)(F)F)cc1F. The fourth-order valence-electron chi connectivity index (χ4n) is 2.13. The fourth-order valence-corrected chi connectivity index (χ4v) is 2.13. The highest BCUT2D eigenvalue weighted by Gasteiger charge is 2.58. The number of carbonyl (C=O) groups is 2. The average Bonchev–Trinajstić information content (AvgIpc) is 2.46. The van der Waals surface area contributed by atoms with Gasteiger partial charge in [0.25, 0.3) is 0 Å². The van der Waals surface area contributed by atoms with E-state index in [0.717, 1.165) is 4.90 Å². The third kappa shape index (κ3) is 3.62. The van der Waals surface area contributed by atoms with Crippen LogP contribution in [0, 0.1) is 5.82 Å². The number of amides is 2. The Kier molecular flexibility index (Phi) is 5.52. The fraction of sp³-hybridized carbons (Fsp3) is 0.429. The van der Waals surface area contributed by atoms with Crippen molar-refractivity contribution in [3.63, 3.8) is 0 Å². The number of primary amides is 1. The van der Waals surface area contributed by atoms with Crippen molar-refractivity contribution >= 4 is 11.8 Å². The lowest BCUT2D eigenvalue weighted by molar-refractivity contribution is -0.289. The van der Waals surface area contributed by atoms with E-state index >= 15 is 0 Å². The Bertz CT molecular complexity index is 645. The highest BCUT2D eigenvalue weighted by atomic mass is 19.4. The first kappa shape index (κ1) is 19.8. The zero-order valence-electron chi connectivity index (χ0n) is 12.6. The van der Waals surface area contributed by atoms with Gasteiger partial charge in [0, 0.05) is 17.7 Å². The molecule has 0 aliphatic rings. The third-order valence-corrected chi connectivity index (χ3v) is 3.45. The predicted molar refractivity (Wildman–Crippen MR) is 71.3 cm³/mol. The Labute approximate surface area is 133 Å². The molecular weight excluding hydrogens is 342 g/mol. The summed E-state index contributed by atoms with van der Waals surface area (Å²) in [6.07, 6.45) is -5.87. The molecule has 2 amide bonds. The zero-order chi connectivity index (χ0) is 18.9. The van der Waals surface area contributed by atoms with Crippen molar-refractivity contribution in [3.8, 4) is 0 Å². The lowest BCUT2D eigenvalue weighted by Crippen LogP contribution is -2.41. The Hall–Kier alpha value is -2.26. The van der Waals surface area contributed by atoms with Crippen LogP contribution in [0.4, 0.5) is 26.3 Å². The van der Waals surface area contributed by atoms with Crippen LogP contribution in [0.25, 0.3) is 0 Å². The normalized spacial score (nSPS) is 13.5. The van der Waals surface area contributed by atoms with E-state index in [0.29, 0.717) is 12.1 Å². The van der Waals surface area contributed by atoms with Crippen LogP contribution in [0.1, 0.15) is 31.0 Å². The predicted octanol–water partition coefficient (Wildman–Crippen LogP) is 2.87. The maximum atomic E-state index is 14.0. The van der Waals surface area contributed by atoms with Gasteiger partial charge in [-0.25, -0.2) is 4.39 Å². The smallest absolute Gasteiger partial charge is 0.361 e. The van der Waals surface area contributed by atoms with Gasteiger partial charge in [-0.05, 0) is 19.9 Å². The van der Waals surface area contributed by atoms with E-state index in [2.05, 4.69) is 0 Å². The molecule has 0 spiro atoms. The van der Waals surface area contributed by atoms with Crippen molar-refractivity contribution in [1.82, 2.24) is 4.90 Å². The van der Waals surface area contributed by atoms with Gasteiger partial charge in [-0.2, -0.15) is 22.0 Å². The van der Waals surface area contributed by atoms with Crippen molar-refractivity contribution in [2.45, 2.75) is 32.0 Å². The zero-order valence-corrected chi connectivity index (χ0v) is 12.6. The summed E-state index contributed by atoms with van der Waals surface area (Å²) < 4.78 is 77.4. The molecule has 10 heteroatoms. The minimum absolute atomic E-state index is 0.0527. The molecule has 0 heterocycles. The van der Waals surface area contributed by atoms with Gasteiger partial charge in [-0.15, -0.1) is 0 Å². The molecule has 0 aromatic heterocycles. The quantitative estimate of drug-likeness (QED) is 0.666. The first-order valence-corrected chi connectivity index (χ1v) is 6.69. The summed E-state index contributed by atoms with van der Waals surface area (Å²) in [5.74, 6) is -9.01. The number of hydrogen-bond acceptors (Lipinski definition) is 2. The summed E-state index contributed by atoms with van der Waals surface area (Å²) in [4.78, 5) is 23.4. The molecule has 0 saturated carbocycles. The molecular formula is C14H14F6N2O2. The second-order valence-corrected chi connectivity index (χ2v) is 4.94. The Morgan fingerprint density at radius 1 is 1.21 bits per heavy atom. The van der Waals surface area contributed by atoms with Crippen LogP contribution in [0.15, 0.2) is 18.2 Å². The number of hydrogen-bond donors (Lipinski definition) is 1. The van der Waals surface area contributed by atoms with Crippen LogP contribution >= 0.6 is 0 Å². The number of likely N-dealkylation sites (N-methyl/N-ethyl adjacent to an activating group) is 1. The van der Waals surface area contributed by atoms with Gasteiger partial charge in [0.15, 0.2) is 0 Å². The van der Waals surface area contributed by atoms with Crippen molar-refractivity contribution in [3.05, 3.63) is 35.1 Å². The number of nitrogens with zero attached hydrogens (tertiary/aromatic N) is 1. The van der Waals surface area contributed by atoms with Gasteiger partial charge in [-0.3, -0.25) is 9.59 Å². The second kappa shape index (κ2) is 6.70. The number of carbonyl (C=O) groups excluding carboxylic acids is 2.